The number of rotatable bonds is 5. The molecule has 18 heavy (non-hydrogen) atoms. The number of likely N-dealkylation sites (tertiary alicyclic amines) is 1. The van der Waals surface area contributed by atoms with E-state index in [1.54, 1.807) is 14.2 Å². The smallest absolute Gasteiger partial charge is 0.130 e. The molecule has 0 amide bonds. The summed E-state index contributed by atoms with van der Waals surface area (Å²) in [6, 6.07) is 4.19. The molecule has 0 aliphatic carbocycles. The standard InChI is InChI=1S/C15H23NO2/c1-11(2)14-13(17-3)7-6-12(15(14)18-4)10-16-8-5-9-16/h6-7,11H,5,8-10H2,1-4H3. The van der Waals surface area contributed by atoms with Crippen molar-refractivity contribution in [3.8, 4) is 11.5 Å². The van der Waals surface area contributed by atoms with Gasteiger partial charge in [-0.1, -0.05) is 19.9 Å². The van der Waals surface area contributed by atoms with Gasteiger partial charge in [0, 0.05) is 17.7 Å². The normalized spacial score (nSPS) is 15.6. The Bertz CT molecular complexity index is 411. The minimum absolute atomic E-state index is 0.395. The maximum Gasteiger partial charge on any atom is 0.130 e. The molecule has 3 heteroatoms. The summed E-state index contributed by atoms with van der Waals surface area (Å²) >= 11 is 0. The van der Waals surface area contributed by atoms with Crippen molar-refractivity contribution in [1.29, 1.82) is 0 Å². The highest BCUT2D eigenvalue weighted by molar-refractivity contribution is 5.51. The largest absolute Gasteiger partial charge is 0.496 e. The Kier molecular flexibility index (Phi) is 4.12. The Morgan fingerprint density at radius 3 is 2.33 bits per heavy atom. The van der Waals surface area contributed by atoms with Crippen LogP contribution in [0.3, 0.4) is 0 Å². The molecule has 1 heterocycles. The van der Waals surface area contributed by atoms with E-state index in [9.17, 15) is 0 Å². The highest BCUT2D eigenvalue weighted by Gasteiger charge is 2.21. The van der Waals surface area contributed by atoms with Crippen LogP contribution in [0.2, 0.25) is 0 Å². The van der Waals surface area contributed by atoms with E-state index in [0.717, 1.165) is 18.0 Å². The summed E-state index contributed by atoms with van der Waals surface area (Å²) in [6.07, 6.45) is 1.31. The van der Waals surface area contributed by atoms with Gasteiger partial charge >= 0.3 is 0 Å². The number of ether oxygens (including phenoxy) is 2. The van der Waals surface area contributed by atoms with Crippen LogP contribution >= 0.6 is 0 Å². The number of methoxy groups -OCH3 is 2. The van der Waals surface area contributed by atoms with E-state index in [0.29, 0.717) is 5.92 Å². The Morgan fingerprint density at radius 1 is 1.17 bits per heavy atom. The van der Waals surface area contributed by atoms with Crippen LogP contribution in [-0.4, -0.2) is 32.2 Å². The molecule has 0 unspecified atom stereocenters. The van der Waals surface area contributed by atoms with Crippen LogP contribution in [0.5, 0.6) is 11.5 Å². The highest BCUT2D eigenvalue weighted by atomic mass is 16.5. The van der Waals surface area contributed by atoms with E-state index < -0.39 is 0 Å². The van der Waals surface area contributed by atoms with Crippen molar-refractivity contribution in [1.82, 2.24) is 4.90 Å². The molecule has 0 bridgehead atoms. The molecule has 2 rings (SSSR count). The second-order valence-corrected chi connectivity index (χ2v) is 5.16. The van der Waals surface area contributed by atoms with E-state index in [2.05, 4.69) is 30.9 Å². The number of nitrogens with zero attached hydrogens (tertiary/aromatic N) is 1. The summed E-state index contributed by atoms with van der Waals surface area (Å²) in [6.45, 7) is 7.73. The van der Waals surface area contributed by atoms with Gasteiger partial charge in [-0.25, -0.2) is 0 Å². The number of hydrogen-bond donors (Lipinski definition) is 0. The third-order valence-corrected chi connectivity index (χ3v) is 3.58. The lowest BCUT2D eigenvalue weighted by atomic mass is 9.97. The van der Waals surface area contributed by atoms with Crippen molar-refractivity contribution in [3.63, 3.8) is 0 Å². The van der Waals surface area contributed by atoms with Gasteiger partial charge in [0.1, 0.15) is 11.5 Å². The zero-order valence-corrected chi connectivity index (χ0v) is 11.8. The third-order valence-electron chi connectivity index (χ3n) is 3.58. The van der Waals surface area contributed by atoms with E-state index in [1.165, 1.54) is 30.6 Å². The lowest BCUT2D eigenvalue weighted by Gasteiger charge is -2.31. The van der Waals surface area contributed by atoms with Gasteiger partial charge in [0.15, 0.2) is 0 Å². The van der Waals surface area contributed by atoms with Gasteiger partial charge in [-0.3, -0.25) is 4.90 Å². The van der Waals surface area contributed by atoms with E-state index in [-0.39, 0.29) is 0 Å². The van der Waals surface area contributed by atoms with Gasteiger partial charge in [-0.2, -0.15) is 0 Å². The summed E-state index contributed by atoms with van der Waals surface area (Å²) < 4.78 is 11.1. The average molecular weight is 249 g/mol. The van der Waals surface area contributed by atoms with Gasteiger partial charge in [-0.15, -0.1) is 0 Å². The molecule has 1 aliphatic rings. The molecular formula is C15H23NO2. The van der Waals surface area contributed by atoms with Crippen molar-refractivity contribution >= 4 is 0 Å². The lowest BCUT2D eigenvalue weighted by molar-refractivity contribution is 0.170. The van der Waals surface area contributed by atoms with Crippen molar-refractivity contribution in [3.05, 3.63) is 23.3 Å². The predicted molar refractivity (Wildman–Crippen MR) is 73.5 cm³/mol. The van der Waals surface area contributed by atoms with Gasteiger partial charge < -0.3 is 9.47 Å². The van der Waals surface area contributed by atoms with E-state index >= 15 is 0 Å². The van der Waals surface area contributed by atoms with Crippen LogP contribution in [-0.2, 0) is 6.54 Å². The monoisotopic (exact) mass is 249 g/mol. The van der Waals surface area contributed by atoms with Crippen molar-refractivity contribution in [2.45, 2.75) is 32.7 Å². The second kappa shape index (κ2) is 5.61. The Morgan fingerprint density at radius 2 is 1.89 bits per heavy atom. The quantitative estimate of drug-likeness (QED) is 0.800. The molecule has 1 aromatic carbocycles. The van der Waals surface area contributed by atoms with Crippen LogP contribution in [0.25, 0.3) is 0 Å². The summed E-state index contributed by atoms with van der Waals surface area (Å²) in [5.41, 5.74) is 2.44. The lowest BCUT2D eigenvalue weighted by Crippen LogP contribution is -2.36. The summed E-state index contributed by atoms with van der Waals surface area (Å²) in [4.78, 5) is 2.44. The maximum atomic E-state index is 5.64. The molecule has 1 aliphatic heterocycles. The highest BCUT2D eigenvalue weighted by Crippen LogP contribution is 2.38. The first kappa shape index (κ1) is 13.2. The molecule has 0 saturated carbocycles. The fourth-order valence-corrected chi connectivity index (χ4v) is 2.50. The third kappa shape index (κ3) is 2.46. The fraction of sp³-hybridized carbons (Fsp3) is 0.600. The van der Waals surface area contributed by atoms with Crippen LogP contribution in [0, 0.1) is 0 Å². The first-order chi connectivity index (χ1) is 8.67. The average Bonchev–Trinajstić information content (AvgIpc) is 2.32. The van der Waals surface area contributed by atoms with Crippen LogP contribution in [0.1, 0.15) is 37.3 Å². The van der Waals surface area contributed by atoms with Crippen molar-refractivity contribution in [2.24, 2.45) is 0 Å². The second-order valence-electron chi connectivity index (χ2n) is 5.16. The zero-order chi connectivity index (χ0) is 13.1. The molecule has 1 fully saturated rings. The van der Waals surface area contributed by atoms with Crippen molar-refractivity contribution in [2.75, 3.05) is 27.3 Å². The predicted octanol–water partition coefficient (Wildman–Crippen LogP) is 3.03. The molecule has 0 spiro atoms. The SMILES string of the molecule is COc1ccc(CN2CCC2)c(OC)c1C(C)C. The molecule has 100 valence electrons. The molecule has 0 aromatic heterocycles. The molecule has 0 atom stereocenters. The molecule has 1 aromatic rings. The van der Waals surface area contributed by atoms with Crippen LogP contribution < -0.4 is 9.47 Å². The molecule has 1 saturated heterocycles. The molecule has 0 radical (unpaired) electrons. The first-order valence-corrected chi connectivity index (χ1v) is 6.63. The Hall–Kier alpha value is -1.22. The first-order valence-electron chi connectivity index (χ1n) is 6.63. The number of hydrogen-bond acceptors (Lipinski definition) is 3. The molecular weight excluding hydrogens is 226 g/mol. The molecule has 0 N–H and O–H groups in total. The summed E-state index contributed by atoms with van der Waals surface area (Å²) in [5.74, 6) is 2.32. The van der Waals surface area contributed by atoms with Gasteiger partial charge in [-0.05, 0) is 31.5 Å². The summed E-state index contributed by atoms with van der Waals surface area (Å²) in [5, 5.41) is 0. The van der Waals surface area contributed by atoms with E-state index in [4.69, 9.17) is 9.47 Å². The van der Waals surface area contributed by atoms with E-state index in [1.807, 2.05) is 0 Å². The molecule has 3 nitrogen and oxygen atoms in total. The van der Waals surface area contributed by atoms with Crippen molar-refractivity contribution < 1.29 is 9.47 Å². The van der Waals surface area contributed by atoms with Gasteiger partial charge in [0.2, 0.25) is 0 Å². The Balaban J connectivity index is 2.36. The van der Waals surface area contributed by atoms with Gasteiger partial charge in [0.25, 0.3) is 0 Å². The number of benzene rings is 1. The summed E-state index contributed by atoms with van der Waals surface area (Å²) in [7, 11) is 3.47. The zero-order valence-electron chi connectivity index (χ0n) is 11.8. The maximum absolute atomic E-state index is 5.64. The minimum Gasteiger partial charge on any atom is -0.496 e. The Labute approximate surface area is 110 Å². The minimum atomic E-state index is 0.395. The fourth-order valence-electron chi connectivity index (χ4n) is 2.50. The van der Waals surface area contributed by atoms with Crippen LogP contribution in [0.15, 0.2) is 12.1 Å². The van der Waals surface area contributed by atoms with Gasteiger partial charge in [0.05, 0.1) is 14.2 Å². The topological polar surface area (TPSA) is 21.7 Å². The van der Waals surface area contributed by atoms with Crippen LogP contribution in [0.4, 0.5) is 0 Å².